The smallest absolute Gasteiger partial charge is 0.313 e. The zero-order valence-electron chi connectivity index (χ0n) is 17.1. The molecule has 0 radical (unpaired) electrons. The van der Waals surface area contributed by atoms with Crippen LogP contribution >= 0.6 is 11.8 Å². The quantitative estimate of drug-likeness (QED) is 0.576. The molecule has 1 aromatic heterocycles. The van der Waals surface area contributed by atoms with Crippen LogP contribution in [-0.2, 0) is 17.6 Å². The van der Waals surface area contributed by atoms with E-state index in [9.17, 15) is 9.59 Å². The number of carbonyl (C=O) groups is 2. The molecule has 0 saturated carbocycles. The van der Waals surface area contributed by atoms with Crippen molar-refractivity contribution < 1.29 is 14.7 Å². The molecule has 1 aliphatic carbocycles. The number of para-hydroxylation sites is 1. The number of hydrogen-bond acceptors (Lipinski definition) is 4. The lowest BCUT2D eigenvalue weighted by Crippen LogP contribution is -2.31. The molecule has 1 amide bonds. The zero-order chi connectivity index (χ0) is 21.3. The predicted molar refractivity (Wildman–Crippen MR) is 121 cm³/mol. The van der Waals surface area contributed by atoms with Gasteiger partial charge in [0.2, 0.25) is 0 Å². The molecule has 0 atom stereocenters. The van der Waals surface area contributed by atoms with Gasteiger partial charge in [0.05, 0.1) is 11.3 Å². The topological polar surface area (TPSA) is 70.5 Å². The molecule has 0 spiro atoms. The van der Waals surface area contributed by atoms with Gasteiger partial charge < -0.3 is 10.0 Å². The Morgan fingerprint density at radius 3 is 2.70 bits per heavy atom. The third-order valence-electron chi connectivity index (χ3n) is 5.52. The molecule has 6 heteroatoms. The number of aliphatic carboxylic acids is 1. The standard InChI is InChI=1S/C24H24N2O3S/c1-3-26(21-10-5-4-7-15(21)2)24(29)16-11-12-18-20(13-16)25-19-9-6-8-17(19)23(18)30-14-22(27)28/h4-5,7,10-13H,3,6,8-9,14H2,1-2H3,(H,27,28). The van der Waals surface area contributed by atoms with E-state index in [0.29, 0.717) is 12.1 Å². The summed E-state index contributed by atoms with van der Waals surface area (Å²) in [7, 11) is 0. The summed E-state index contributed by atoms with van der Waals surface area (Å²) in [4.78, 5) is 32.1. The van der Waals surface area contributed by atoms with Crippen molar-refractivity contribution in [2.45, 2.75) is 38.0 Å². The van der Waals surface area contributed by atoms with Crippen molar-refractivity contribution in [2.24, 2.45) is 0 Å². The van der Waals surface area contributed by atoms with Gasteiger partial charge in [0.15, 0.2) is 0 Å². The number of fused-ring (bicyclic) bond motifs is 2. The highest BCUT2D eigenvalue weighted by Gasteiger charge is 2.23. The van der Waals surface area contributed by atoms with Crippen molar-refractivity contribution in [3.8, 4) is 0 Å². The Balaban J connectivity index is 1.76. The Labute approximate surface area is 180 Å². The number of anilines is 1. The van der Waals surface area contributed by atoms with Crippen LogP contribution in [0.3, 0.4) is 0 Å². The Hall–Kier alpha value is -2.86. The monoisotopic (exact) mass is 420 g/mol. The minimum atomic E-state index is -0.833. The first kappa shape index (κ1) is 20.4. The lowest BCUT2D eigenvalue weighted by molar-refractivity contribution is -0.133. The lowest BCUT2D eigenvalue weighted by Gasteiger charge is -2.23. The first-order valence-electron chi connectivity index (χ1n) is 10.2. The highest BCUT2D eigenvalue weighted by atomic mass is 32.2. The zero-order valence-corrected chi connectivity index (χ0v) is 18.0. The van der Waals surface area contributed by atoms with Crippen LogP contribution in [0.5, 0.6) is 0 Å². The van der Waals surface area contributed by atoms with Crippen molar-refractivity contribution in [3.63, 3.8) is 0 Å². The Morgan fingerprint density at radius 1 is 1.17 bits per heavy atom. The Bertz CT molecular complexity index is 1140. The average molecular weight is 421 g/mol. The molecule has 2 aromatic carbocycles. The van der Waals surface area contributed by atoms with Crippen LogP contribution in [0.15, 0.2) is 47.4 Å². The molecular weight excluding hydrogens is 396 g/mol. The van der Waals surface area contributed by atoms with E-state index < -0.39 is 5.97 Å². The molecule has 0 aliphatic heterocycles. The van der Waals surface area contributed by atoms with Crippen LogP contribution in [0.25, 0.3) is 10.9 Å². The number of aromatic nitrogens is 1. The van der Waals surface area contributed by atoms with E-state index >= 15 is 0 Å². The molecule has 30 heavy (non-hydrogen) atoms. The number of thioether (sulfide) groups is 1. The SMILES string of the molecule is CCN(C(=O)c1ccc2c(SCC(=O)O)c3c(nc2c1)CCC3)c1ccccc1C. The second kappa shape index (κ2) is 8.48. The van der Waals surface area contributed by atoms with Crippen LogP contribution in [0, 0.1) is 6.92 Å². The number of carboxylic acid groups (broad SMARTS) is 1. The Morgan fingerprint density at radius 2 is 1.97 bits per heavy atom. The van der Waals surface area contributed by atoms with E-state index in [-0.39, 0.29) is 11.7 Å². The van der Waals surface area contributed by atoms with Gasteiger partial charge in [-0.3, -0.25) is 14.6 Å². The predicted octanol–water partition coefficient (Wildman–Crippen LogP) is 4.88. The van der Waals surface area contributed by atoms with Crippen molar-refractivity contribution in [3.05, 3.63) is 64.8 Å². The molecule has 0 fully saturated rings. The molecule has 4 rings (SSSR count). The van der Waals surface area contributed by atoms with Gasteiger partial charge in [0.1, 0.15) is 0 Å². The summed E-state index contributed by atoms with van der Waals surface area (Å²) in [6.07, 6.45) is 2.86. The molecule has 0 unspecified atom stereocenters. The summed E-state index contributed by atoms with van der Waals surface area (Å²) in [5, 5.41) is 10.1. The molecule has 3 aromatic rings. The van der Waals surface area contributed by atoms with Crippen LogP contribution < -0.4 is 4.90 Å². The third-order valence-corrected chi connectivity index (χ3v) is 6.66. The van der Waals surface area contributed by atoms with Crippen molar-refractivity contribution in [1.29, 1.82) is 0 Å². The molecule has 1 N–H and O–H groups in total. The van der Waals surface area contributed by atoms with E-state index in [1.165, 1.54) is 17.3 Å². The van der Waals surface area contributed by atoms with E-state index in [4.69, 9.17) is 10.1 Å². The maximum Gasteiger partial charge on any atom is 0.313 e. The summed E-state index contributed by atoms with van der Waals surface area (Å²) in [6, 6.07) is 13.5. The number of amides is 1. The summed E-state index contributed by atoms with van der Waals surface area (Å²) < 4.78 is 0. The largest absolute Gasteiger partial charge is 0.481 e. The molecular formula is C24H24N2O3S. The third kappa shape index (κ3) is 3.79. The summed E-state index contributed by atoms with van der Waals surface area (Å²) in [6.45, 7) is 4.54. The number of nitrogens with zero attached hydrogens (tertiary/aromatic N) is 2. The first-order chi connectivity index (χ1) is 14.5. The van der Waals surface area contributed by atoms with Gasteiger partial charge in [-0.2, -0.15) is 0 Å². The highest BCUT2D eigenvalue weighted by molar-refractivity contribution is 8.00. The summed E-state index contributed by atoms with van der Waals surface area (Å²) >= 11 is 1.35. The van der Waals surface area contributed by atoms with Crippen molar-refractivity contribution >= 4 is 40.2 Å². The van der Waals surface area contributed by atoms with Crippen LogP contribution in [-0.4, -0.2) is 34.3 Å². The Kier molecular flexibility index (Phi) is 5.77. The fraction of sp³-hybridized carbons (Fsp3) is 0.292. The fourth-order valence-electron chi connectivity index (χ4n) is 4.10. The second-order valence-corrected chi connectivity index (χ2v) is 8.46. The minimum absolute atomic E-state index is 0.0170. The molecule has 5 nitrogen and oxygen atoms in total. The molecule has 1 aliphatic rings. The van der Waals surface area contributed by atoms with Crippen molar-refractivity contribution in [1.82, 2.24) is 4.98 Å². The van der Waals surface area contributed by atoms with E-state index in [0.717, 1.165) is 52.0 Å². The second-order valence-electron chi connectivity index (χ2n) is 7.47. The minimum Gasteiger partial charge on any atom is -0.481 e. The van der Waals surface area contributed by atoms with Crippen LogP contribution in [0.1, 0.15) is 40.5 Å². The van der Waals surface area contributed by atoms with Gasteiger partial charge in [-0.05, 0) is 62.4 Å². The molecule has 1 heterocycles. The average Bonchev–Trinajstić information content (AvgIpc) is 3.20. The summed E-state index contributed by atoms with van der Waals surface area (Å²) in [5.41, 5.74) is 5.51. The molecule has 0 saturated heterocycles. The van der Waals surface area contributed by atoms with E-state index in [1.807, 2.05) is 56.3 Å². The number of aryl methyl sites for hydroxylation is 2. The highest BCUT2D eigenvalue weighted by Crippen LogP contribution is 2.37. The summed E-state index contributed by atoms with van der Waals surface area (Å²) in [5.74, 6) is -0.876. The maximum atomic E-state index is 13.3. The van der Waals surface area contributed by atoms with E-state index in [1.54, 1.807) is 4.90 Å². The molecule has 0 bridgehead atoms. The number of carboxylic acids is 1. The van der Waals surface area contributed by atoms with Gasteiger partial charge in [-0.25, -0.2) is 0 Å². The van der Waals surface area contributed by atoms with Gasteiger partial charge in [-0.1, -0.05) is 24.3 Å². The normalized spacial score (nSPS) is 12.7. The van der Waals surface area contributed by atoms with Crippen LogP contribution in [0.4, 0.5) is 5.69 Å². The lowest BCUT2D eigenvalue weighted by atomic mass is 10.1. The van der Waals surface area contributed by atoms with Crippen molar-refractivity contribution in [2.75, 3.05) is 17.2 Å². The fourth-order valence-corrected chi connectivity index (χ4v) is 5.09. The first-order valence-corrected chi connectivity index (χ1v) is 11.2. The number of benzene rings is 2. The van der Waals surface area contributed by atoms with Gasteiger partial charge >= 0.3 is 5.97 Å². The van der Waals surface area contributed by atoms with Crippen LogP contribution in [0.2, 0.25) is 0 Å². The van der Waals surface area contributed by atoms with E-state index in [2.05, 4.69) is 0 Å². The number of hydrogen-bond donors (Lipinski definition) is 1. The van der Waals surface area contributed by atoms with Gasteiger partial charge in [0.25, 0.3) is 5.91 Å². The maximum absolute atomic E-state index is 13.3. The molecule has 154 valence electrons. The number of carbonyl (C=O) groups excluding carboxylic acids is 1. The number of rotatable bonds is 6. The van der Waals surface area contributed by atoms with Gasteiger partial charge in [-0.15, -0.1) is 11.8 Å². The number of pyridine rings is 1. The van der Waals surface area contributed by atoms with Gasteiger partial charge in [0, 0.05) is 33.8 Å².